The first-order chi connectivity index (χ1) is 29.3. The zero-order chi connectivity index (χ0) is 42.9. The van der Waals surface area contributed by atoms with Gasteiger partial charge in [-0.3, -0.25) is 14.5 Å². The average Bonchev–Trinajstić information content (AvgIpc) is 3.99. The minimum atomic E-state index is -3.08. The van der Waals surface area contributed by atoms with E-state index in [-0.39, 0.29) is 18.9 Å². The van der Waals surface area contributed by atoms with Crippen LogP contribution in [0, 0.1) is 0 Å². The maximum atomic E-state index is 15.3. The highest BCUT2D eigenvalue weighted by Gasteiger charge is 2.50. The van der Waals surface area contributed by atoms with E-state index in [1.807, 2.05) is 110 Å². The van der Waals surface area contributed by atoms with Crippen molar-refractivity contribution in [3.63, 3.8) is 0 Å². The highest BCUT2D eigenvalue weighted by molar-refractivity contribution is 6.05. The number of fused-ring (bicyclic) bond motifs is 3. The van der Waals surface area contributed by atoms with E-state index in [9.17, 15) is 18.4 Å². The fourth-order valence-electron chi connectivity index (χ4n) is 8.40. The second-order valence-electron chi connectivity index (χ2n) is 15.9. The topological polar surface area (TPSA) is 101 Å². The van der Waals surface area contributed by atoms with Crippen molar-refractivity contribution in [1.29, 1.82) is 0 Å². The van der Waals surface area contributed by atoms with E-state index < -0.39 is 49.3 Å². The Balaban J connectivity index is 1.01. The van der Waals surface area contributed by atoms with Crippen molar-refractivity contribution >= 4 is 33.6 Å². The summed E-state index contributed by atoms with van der Waals surface area (Å²) in [5.74, 6) is -6.22. The van der Waals surface area contributed by atoms with Crippen molar-refractivity contribution in [3.05, 3.63) is 144 Å². The second kappa shape index (κ2) is 17.0. The molecule has 3 heterocycles. The first kappa shape index (κ1) is 41.4. The van der Waals surface area contributed by atoms with Crippen molar-refractivity contribution < 1.29 is 27.2 Å². The van der Waals surface area contributed by atoms with Crippen molar-refractivity contribution in [3.8, 4) is 22.4 Å². The minimum Gasteiger partial charge on any atom is -0.341 e. The van der Waals surface area contributed by atoms with Crippen LogP contribution in [-0.2, 0) is 22.6 Å². The molecule has 0 spiro atoms. The number of carbonyl (C=O) groups excluding carboxylic acids is 2. The third-order valence-corrected chi connectivity index (χ3v) is 11.4. The lowest BCUT2D eigenvalue weighted by Crippen LogP contribution is -2.43. The van der Waals surface area contributed by atoms with Crippen LogP contribution < -0.4 is 0 Å². The van der Waals surface area contributed by atoms with E-state index in [4.69, 9.17) is 4.98 Å². The molecule has 2 amide bonds. The number of carbonyl (C=O) groups is 2. The number of aromatic nitrogens is 4. The highest BCUT2D eigenvalue weighted by Crippen LogP contribution is 2.43. The quantitative estimate of drug-likeness (QED) is 0.106. The SMILES string of the molecule is CCN(CC)[C@@H](C(=O)N1CC(F)(F)C[C@H]1c1nc2c(ccc3cc(-c4ccc(-c5cnc(CN(CC(C)(F)F)C(=O)Cc6ccccc6)[nH]5)cc4)ccc32)[nH]1)c1ccccc1. The number of nitrogens with one attached hydrogen (secondary N) is 2. The molecule has 1 saturated heterocycles. The normalized spacial score (nSPS) is 15.8. The van der Waals surface area contributed by atoms with Crippen molar-refractivity contribution in [2.24, 2.45) is 0 Å². The average molecular weight is 830 g/mol. The Morgan fingerprint density at radius 2 is 1.54 bits per heavy atom. The molecule has 2 atom stereocenters. The van der Waals surface area contributed by atoms with Gasteiger partial charge in [-0.05, 0) is 58.4 Å². The van der Waals surface area contributed by atoms with Gasteiger partial charge in [0.2, 0.25) is 11.8 Å². The van der Waals surface area contributed by atoms with Gasteiger partial charge in [-0.25, -0.2) is 27.5 Å². The number of halogens is 4. The Hall–Kier alpha value is -6.34. The highest BCUT2D eigenvalue weighted by atomic mass is 19.3. The van der Waals surface area contributed by atoms with E-state index in [2.05, 4.69) is 15.0 Å². The molecular formula is C48H47F4N7O2. The summed E-state index contributed by atoms with van der Waals surface area (Å²) >= 11 is 0. The standard InChI is InChI=1S/C48H47F4N7O2/c1-4-57(5-2)44(34-14-10-7-11-15-34)46(61)59-30-48(51,52)26-40(59)45-55-38-23-21-36-25-35(20-22-37(36)43(38)56-45)32-16-18-33(19-17-32)39-27-53-41(54-39)28-58(29-47(3,49)50)42(60)24-31-12-8-6-9-13-31/h6-23,25,27,40,44H,4-5,24,26,28-30H2,1-3H3,(H,53,54)(H,55,56)/t40-,44+/m0/s1. The molecule has 2 aromatic heterocycles. The number of hydrogen-bond donors (Lipinski definition) is 2. The summed E-state index contributed by atoms with van der Waals surface area (Å²) in [5, 5.41) is 1.75. The van der Waals surface area contributed by atoms with Crippen LogP contribution in [0.2, 0.25) is 0 Å². The maximum Gasteiger partial charge on any atom is 0.267 e. The molecule has 61 heavy (non-hydrogen) atoms. The lowest BCUT2D eigenvalue weighted by Gasteiger charge is -2.34. The second-order valence-corrected chi connectivity index (χ2v) is 15.9. The number of aromatic amines is 2. The van der Waals surface area contributed by atoms with E-state index >= 15 is 8.78 Å². The fourth-order valence-corrected chi connectivity index (χ4v) is 8.40. The smallest absolute Gasteiger partial charge is 0.267 e. The van der Waals surface area contributed by atoms with E-state index in [0.29, 0.717) is 41.5 Å². The molecule has 8 rings (SSSR count). The summed E-state index contributed by atoms with van der Waals surface area (Å²) in [7, 11) is 0. The molecule has 2 N–H and O–H groups in total. The number of alkyl halides is 4. The number of likely N-dealkylation sites (tertiary alicyclic amines) is 1. The van der Waals surface area contributed by atoms with Crippen molar-refractivity contribution in [2.45, 2.75) is 64.1 Å². The van der Waals surface area contributed by atoms with Crippen LogP contribution in [0.5, 0.6) is 0 Å². The van der Waals surface area contributed by atoms with Gasteiger partial charge >= 0.3 is 0 Å². The van der Waals surface area contributed by atoms with Gasteiger partial charge in [0.15, 0.2) is 0 Å². The van der Waals surface area contributed by atoms with Gasteiger partial charge in [0.1, 0.15) is 17.7 Å². The largest absolute Gasteiger partial charge is 0.341 e. The third kappa shape index (κ3) is 9.07. The first-order valence-corrected chi connectivity index (χ1v) is 20.5. The molecule has 9 nitrogen and oxygen atoms in total. The molecule has 1 aliphatic rings. The van der Waals surface area contributed by atoms with Gasteiger partial charge in [-0.1, -0.05) is 117 Å². The molecule has 0 saturated carbocycles. The van der Waals surface area contributed by atoms with Crippen LogP contribution >= 0.6 is 0 Å². The summed E-state index contributed by atoms with van der Waals surface area (Å²) in [6.07, 6.45) is 1.10. The van der Waals surface area contributed by atoms with Crippen molar-refractivity contribution in [2.75, 3.05) is 26.2 Å². The lowest BCUT2D eigenvalue weighted by atomic mass is 9.99. The molecule has 1 fully saturated rings. The van der Waals surface area contributed by atoms with E-state index in [1.165, 1.54) is 4.90 Å². The number of rotatable bonds is 14. The predicted molar refractivity (Wildman–Crippen MR) is 229 cm³/mol. The fraction of sp³-hybridized carbons (Fsp3) is 0.292. The van der Waals surface area contributed by atoms with Crippen LogP contribution in [0.4, 0.5) is 17.6 Å². The molecule has 13 heteroatoms. The Bertz CT molecular complexity index is 2640. The zero-order valence-electron chi connectivity index (χ0n) is 34.2. The van der Waals surface area contributed by atoms with E-state index in [1.54, 1.807) is 30.5 Å². The monoisotopic (exact) mass is 829 g/mol. The number of nitrogens with zero attached hydrogens (tertiary/aromatic N) is 5. The maximum absolute atomic E-state index is 15.3. The third-order valence-electron chi connectivity index (χ3n) is 11.4. The van der Waals surface area contributed by atoms with Gasteiger partial charge in [-0.15, -0.1) is 0 Å². The summed E-state index contributed by atoms with van der Waals surface area (Å²) in [4.78, 5) is 47.6. The van der Waals surface area contributed by atoms with Gasteiger partial charge in [-0.2, -0.15) is 0 Å². The molecule has 7 aromatic rings. The molecule has 0 bridgehead atoms. The molecular weight excluding hydrogens is 783 g/mol. The Morgan fingerprint density at radius 3 is 2.23 bits per heavy atom. The van der Waals surface area contributed by atoms with Crippen LogP contribution in [-0.4, -0.2) is 84.5 Å². The number of likely N-dealkylation sites (N-methyl/N-ethyl adjacent to an activating group) is 1. The van der Waals surface area contributed by atoms with Crippen LogP contribution in [0.3, 0.4) is 0 Å². The summed E-state index contributed by atoms with van der Waals surface area (Å²) in [6, 6.07) is 34.4. The summed E-state index contributed by atoms with van der Waals surface area (Å²) in [5.41, 5.74) is 6.23. The van der Waals surface area contributed by atoms with E-state index in [0.717, 1.165) is 50.4 Å². The molecule has 0 unspecified atom stereocenters. The number of imidazole rings is 2. The van der Waals surface area contributed by atoms with Gasteiger partial charge < -0.3 is 19.8 Å². The Morgan fingerprint density at radius 1 is 0.869 bits per heavy atom. The predicted octanol–water partition coefficient (Wildman–Crippen LogP) is 9.99. The zero-order valence-corrected chi connectivity index (χ0v) is 34.2. The van der Waals surface area contributed by atoms with Crippen molar-refractivity contribution in [1.82, 2.24) is 34.6 Å². The van der Waals surface area contributed by atoms with Crippen LogP contribution in [0.15, 0.2) is 121 Å². The number of hydrogen-bond acceptors (Lipinski definition) is 5. The molecule has 314 valence electrons. The Kier molecular flexibility index (Phi) is 11.5. The first-order valence-electron chi connectivity index (χ1n) is 20.5. The molecule has 1 aliphatic heterocycles. The number of H-pyrrole nitrogens is 2. The molecule has 0 aliphatic carbocycles. The summed E-state index contributed by atoms with van der Waals surface area (Å²) in [6.45, 7) is 4.37. The summed E-state index contributed by atoms with van der Waals surface area (Å²) < 4.78 is 58.8. The van der Waals surface area contributed by atoms with Gasteiger partial charge in [0.25, 0.3) is 11.8 Å². The minimum absolute atomic E-state index is 0.00452. The Labute approximate surface area is 351 Å². The lowest BCUT2D eigenvalue weighted by molar-refractivity contribution is -0.139. The molecule has 5 aromatic carbocycles. The van der Waals surface area contributed by atoms with Gasteiger partial charge in [0.05, 0.1) is 55.0 Å². The molecule has 0 radical (unpaired) electrons. The van der Waals surface area contributed by atoms with Crippen LogP contribution in [0.25, 0.3) is 44.2 Å². The van der Waals surface area contributed by atoms with Gasteiger partial charge in [0, 0.05) is 18.7 Å². The number of benzene rings is 5. The number of amides is 2. The van der Waals surface area contributed by atoms with Crippen LogP contribution in [0.1, 0.15) is 62.1 Å².